The lowest BCUT2D eigenvalue weighted by Gasteiger charge is -2.01. The van der Waals surface area contributed by atoms with E-state index in [0.717, 1.165) is 5.56 Å². The fourth-order valence-corrected chi connectivity index (χ4v) is 0.918. The van der Waals surface area contributed by atoms with Crippen molar-refractivity contribution in [3.63, 3.8) is 0 Å². The maximum atomic E-state index is 7.39. The van der Waals surface area contributed by atoms with E-state index in [1.807, 2.05) is 0 Å². The monoisotopic (exact) mass is 167 g/mol. The summed E-state index contributed by atoms with van der Waals surface area (Å²) in [5.41, 5.74) is 0.774. The van der Waals surface area contributed by atoms with Gasteiger partial charge >= 0.3 is 0 Å². The first-order chi connectivity index (χ1) is 5.24. The molecule has 0 fully saturated rings. The second kappa shape index (κ2) is 3.39. The summed E-state index contributed by atoms with van der Waals surface area (Å²) in [7, 11) is 1.70. The zero-order chi connectivity index (χ0) is 8.27. The van der Waals surface area contributed by atoms with Crippen LogP contribution in [0.4, 0.5) is 0 Å². The molecule has 3 heteroatoms. The van der Waals surface area contributed by atoms with Crippen molar-refractivity contribution in [2.75, 3.05) is 7.05 Å². The quantitative estimate of drug-likeness (QED) is 0.485. The Balaban J connectivity index is 2.96. The van der Waals surface area contributed by atoms with Crippen LogP contribution in [-0.4, -0.2) is 12.9 Å². The van der Waals surface area contributed by atoms with Crippen molar-refractivity contribution in [3.05, 3.63) is 34.9 Å². The van der Waals surface area contributed by atoms with Gasteiger partial charge in [0.1, 0.15) is 5.84 Å². The van der Waals surface area contributed by atoms with Gasteiger partial charge in [-0.25, -0.2) is 0 Å². The number of rotatable bonds is 1. The van der Waals surface area contributed by atoms with Crippen molar-refractivity contribution in [2.24, 2.45) is 0 Å². The Morgan fingerprint density at radius 2 is 2.45 bits per heavy atom. The average molecular weight is 168 g/mol. The van der Waals surface area contributed by atoms with E-state index in [0.29, 0.717) is 10.9 Å². The fraction of sp³-hybridized carbons (Fsp3) is 0.125. The molecule has 2 nitrogen and oxygen atoms in total. The highest BCUT2D eigenvalue weighted by Crippen LogP contribution is 2.09. The Labute approximate surface area is 70.7 Å². The maximum Gasteiger partial charge on any atom is 0.125 e. The third kappa shape index (κ3) is 1.95. The van der Waals surface area contributed by atoms with Crippen LogP contribution in [0.25, 0.3) is 0 Å². The minimum Gasteiger partial charge on any atom is -0.373 e. The zero-order valence-corrected chi connectivity index (χ0v) is 6.87. The highest BCUT2D eigenvalue weighted by Gasteiger charge is 1.97. The smallest absolute Gasteiger partial charge is 0.125 e. The van der Waals surface area contributed by atoms with Gasteiger partial charge in [0, 0.05) is 23.7 Å². The topological polar surface area (TPSA) is 35.9 Å². The van der Waals surface area contributed by atoms with E-state index in [9.17, 15) is 0 Å². The van der Waals surface area contributed by atoms with E-state index in [4.69, 9.17) is 17.0 Å². The van der Waals surface area contributed by atoms with Crippen molar-refractivity contribution in [1.82, 2.24) is 5.32 Å². The molecular weight excluding hydrogens is 160 g/mol. The molecule has 0 unspecified atom stereocenters. The Kier molecular flexibility index (Phi) is 2.49. The van der Waals surface area contributed by atoms with Crippen LogP contribution >= 0.6 is 11.6 Å². The summed E-state index contributed by atoms with van der Waals surface area (Å²) in [6.07, 6.45) is 0. The number of halogens is 1. The molecule has 0 saturated carbocycles. The molecule has 0 atom stereocenters. The molecule has 0 bridgehead atoms. The molecule has 1 radical (unpaired) electrons. The van der Waals surface area contributed by atoms with Crippen molar-refractivity contribution < 1.29 is 0 Å². The van der Waals surface area contributed by atoms with Crippen LogP contribution < -0.4 is 5.32 Å². The molecule has 0 heterocycles. The van der Waals surface area contributed by atoms with E-state index >= 15 is 0 Å². The van der Waals surface area contributed by atoms with Gasteiger partial charge in [-0.3, -0.25) is 5.41 Å². The molecule has 0 aliphatic carbocycles. The van der Waals surface area contributed by atoms with E-state index in [2.05, 4.69) is 11.4 Å². The maximum absolute atomic E-state index is 7.39. The lowest BCUT2D eigenvalue weighted by molar-refractivity contribution is 1.14. The standard InChI is InChI=1S/C8H8ClN2/c1-11-8(10)6-3-2-4-7(9)5-6/h2-3,5H,1H3,(H2,10,11). The van der Waals surface area contributed by atoms with Gasteiger partial charge in [-0.15, -0.1) is 0 Å². The number of amidine groups is 1. The molecule has 1 aromatic carbocycles. The molecule has 57 valence electrons. The fourth-order valence-electron chi connectivity index (χ4n) is 0.737. The van der Waals surface area contributed by atoms with Gasteiger partial charge in [-0.2, -0.15) is 0 Å². The summed E-state index contributed by atoms with van der Waals surface area (Å²) in [4.78, 5) is 0. The molecule has 0 aliphatic rings. The van der Waals surface area contributed by atoms with Crippen LogP contribution in [-0.2, 0) is 0 Å². The van der Waals surface area contributed by atoms with Crippen molar-refractivity contribution in [1.29, 1.82) is 5.41 Å². The lowest BCUT2D eigenvalue weighted by Crippen LogP contribution is -2.17. The molecule has 2 N–H and O–H groups in total. The largest absolute Gasteiger partial charge is 0.373 e. The van der Waals surface area contributed by atoms with E-state index < -0.39 is 0 Å². The van der Waals surface area contributed by atoms with E-state index in [1.54, 1.807) is 25.2 Å². The lowest BCUT2D eigenvalue weighted by atomic mass is 10.2. The summed E-state index contributed by atoms with van der Waals surface area (Å²) in [6, 6.07) is 7.97. The molecule has 0 amide bonds. The molecule has 0 saturated heterocycles. The SMILES string of the molecule is CNC(=N)c1cc[c]c(Cl)c1. The van der Waals surface area contributed by atoms with Crippen molar-refractivity contribution >= 4 is 17.4 Å². The van der Waals surface area contributed by atoms with Crippen LogP contribution in [0.5, 0.6) is 0 Å². The van der Waals surface area contributed by atoms with Gasteiger partial charge in [0.05, 0.1) is 0 Å². The number of hydrogen-bond acceptors (Lipinski definition) is 1. The van der Waals surface area contributed by atoms with E-state index in [1.165, 1.54) is 0 Å². The predicted octanol–water partition coefficient (Wildman–Crippen LogP) is 1.68. The predicted molar refractivity (Wildman–Crippen MR) is 46.2 cm³/mol. The first-order valence-electron chi connectivity index (χ1n) is 3.18. The summed E-state index contributed by atoms with van der Waals surface area (Å²) in [5.74, 6) is 0.362. The summed E-state index contributed by atoms with van der Waals surface area (Å²) >= 11 is 5.67. The van der Waals surface area contributed by atoms with Crippen LogP contribution in [0.15, 0.2) is 18.2 Å². The average Bonchev–Trinajstić information content (AvgIpc) is 2.03. The molecule has 1 rings (SSSR count). The van der Waals surface area contributed by atoms with Crippen LogP contribution in [0.1, 0.15) is 5.56 Å². The normalized spacial score (nSPS) is 9.27. The zero-order valence-electron chi connectivity index (χ0n) is 6.11. The highest BCUT2D eigenvalue weighted by atomic mass is 35.5. The van der Waals surface area contributed by atoms with Gasteiger partial charge in [0.2, 0.25) is 0 Å². The minimum absolute atomic E-state index is 0.362. The van der Waals surface area contributed by atoms with Crippen molar-refractivity contribution in [3.8, 4) is 0 Å². The molecule has 11 heavy (non-hydrogen) atoms. The Hall–Kier alpha value is -1.02. The molecule has 0 spiro atoms. The van der Waals surface area contributed by atoms with Gasteiger partial charge < -0.3 is 5.32 Å². The van der Waals surface area contributed by atoms with Crippen molar-refractivity contribution in [2.45, 2.75) is 0 Å². The molecule has 1 aromatic rings. The highest BCUT2D eigenvalue weighted by molar-refractivity contribution is 6.30. The first kappa shape index (κ1) is 8.08. The van der Waals surface area contributed by atoms with Gasteiger partial charge in [-0.05, 0) is 6.07 Å². The third-order valence-electron chi connectivity index (χ3n) is 1.31. The Bertz CT molecular complexity index is 271. The number of hydrogen-bond donors (Lipinski definition) is 2. The summed E-state index contributed by atoms with van der Waals surface area (Å²) in [5, 5.41) is 10.6. The van der Waals surface area contributed by atoms with Gasteiger partial charge in [0.15, 0.2) is 0 Å². The van der Waals surface area contributed by atoms with Crippen LogP contribution in [0, 0.1) is 11.5 Å². The van der Waals surface area contributed by atoms with Crippen LogP contribution in [0.2, 0.25) is 5.02 Å². The van der Waals surface area contributed by atoms with E-state index in [-0.39, 0.29) is 0 Å². The van der Waals surface area contributed by atoms with Gasteiger partial charge in [0.25, 0.3) is 0 Å². The van der Waals surface area contributed by atoms with Gasteiger partial charge in [-0.1, -0.05) is 23.7 Å². The second-order valence-electron chi connectivity index (χ2n) is 2.05. The minimum atomic E-state index is 0.362. The molecular formula is C8H8ClN2. The number of nitrogens with one attached hydrogen (secondary N) is 2. The number of benzene rings is 1. The second-order valence-corrected chi connectivity index (χ2v) is 2.46. The van der Waals surface area contributed by atoms with Crippen LogP contribution in [0.3, 0.4) is 0 Å². The summed E-state index contributed by atoms with van der Waals surface area (Å²) in [6.45, 7) is 0. The molecule has 0 aromatic heterocycles. The third-order valence-corrected chi connectivity index (χ3v) is 1.52. The first-order valence-corrected chi connectivity index (χ1v) is 3.55. The summed E-state index contributed by atoms with van der Waals surface area (Å²) < 4.78 is 0. The Morgan fingerprint density at radius 3 is 3.00 bits per heavy atom. The Morgan fingerprint density at radius 1 is 1.73 bits per heavy atom. The molecule has 0 aliphatic heterocycles.